The van der Waals surface area contributed by atoms with Crippen molar-refractivity contribution in [1.29, 1.82) is 0 Å². The second-order valence-electron chi connectivity index (χ2n) is 6.79. The normalized spacial score (nSPS) is 10.5. The molecule has 0 amide bonds. The Kier molecular flexibility index (Phi) is 6.75. The lowest BCUT2D eigenvalue weighted by Crippen LogP contribution is -2.12. The predicted octanol–water partition coefficient (Wildman–Crippen LogP) is 5.48. The fraction of sp³-hybridized carbons (Fsp3) is 0.217. The van der Waals surface area contributed by atoms with Crippen LogP contribution < -0.4 is 9.57 Å². The molecule has 0 spiro atoms. The van der Waals surface area contributed by atoms with Gasteiger partial charge in [-0.15, -0.1) is 4.91 Å². The highest BCUT2D eigenvalue weighted by atomic mass is 16.7. The first-order valence-electron chi connectivity index (χ1n) is 9.60. The average molecular weight is 406 g/mol. The van der Waals surface area contributed by atoms with Crippen LogP contribution in [0.4, 0.5) is 0 Å². The summed E-state index contributed by atoms with van der Waals surface area (Å²) in [5, 5.41) is 12.1. The summed E-state index contributed by atoms with van der Waals surface area (Å²) in [5.74, 6) is 0.133. The maximum Gasteiger partial charge on any atom is 0.340 e. The molecule has 30 heavy (non-hydrogen) atoms. The van der Waals surface area contributed by atoms with E-state index in [0.29, 0.717) is 42.0 Å². The van der Waals surface area contributed by atoms with E-state index in [0.717, 1.165) is 11.3 Å². The van der Waals surface area contributed by atoms with E-state index in [2.05, 4.69) is 10.3 Å². The molecule has 0 saturated heterocycles. The van der Waals surface area contributed by atoms with Gasteiger partial charge in [-0.1, -0.05) is 43.7 Å². The van der Waals surface area contributed by atoms with Gasteiger partial charge >= 0.3 is 5.97 Å². The van der Waals surface area contributed by atoms with Crippen LogP contribution in [0.5, 0.6) is 17.2 Å². The topological polar surface area (TPSA) is 98.1 Å². The Hall–Kier alpha value is -3.74. The number of pyridine rings is 1. The molecule has 0 aliphatic carbocycles. The third-order valence-electron chi connectivity index (χ3n) is 4.65. The van der Waals surface area contributed by atoms with Gasteiger partial charge in [0.1, 0.15) is 17.1 Å². The highest BCUT2D eigenvalue weighted by Crippen LogP contribution is 2.31. The van der Waals surface area contributed by atoms with E-state index in [1.165, 1.54) is 0 Å². The lowest BCUT2D eigenvalue weighted by Gasteiger charge is -2.15. The lowest BCUT2D eigenvalue weighted by molar-refractivity contribution is 0.0690. The lowest BCUT2D eigenvalue weighted by atomic mass is 9.99. The smallest absolute Gasteiger partial charge is 0.340 e. The number of carboxylic acid groups (broad SMARTS) is 1. The Bertz CT molecular complexity index is 1050. The van der Waals surface area contributed by atoms with Gasteiger partial charge in [0.2, 0.25) is 0 Å². The fourth-order valence-corrected chi connectivity index (χ4v) is 3.26. The minimum atomic E-state index is -1.19. The summed E-state index contributed by atoms with van der Waals surface area (Å²) in [4.78, 5) is 31.9. The number of benzene rings is 2. The summed E-state index contributed by atoms with van der Waals surface area (Å²) in [7, 11) is 0. The van der Waals surface area contributed by atoms with Crippen molar-refractivity contribution in [2.75, 3.05) is 0 Å². The van der Waals surface area contributed by atoms with Gasteiger partial charge < -0.3 is 14.7 Å². The van der Waals surface area contributed by atoms with Crippen LogP contribution in [0.2, 0.25) is 0 Å². The maximum absolute atomic E-state index is 11.9. The van der Waals surface area contributed by atoms with E-state index in [-0.39, 0.29) is 11.3 Å². The van der Waals surface area contributed by atoms with Crippen LogP contribution >= 0.6 is 0 Å². The van der Waals surface area contributed by atoms with Crippen molar-refractivity contribution < 1.29 is 19.5 Å². The molecule has 0 unspecified atom stereocenters. The van der Waals surface area contributed by atoms with Crippen molar-refractivity contribution in [2.45, 2.75) is 33.1 Å². The molecular weight excluding hydrogens is 384 g/mol. The van der Waals surface area contributed by atoms with Crippen LogP contribution in [0, 0.1) is 11.8 Å². The molecule has 3 rings (SSSR count). The number of aromatic carboxylic acids is 1. The second-order valence-corrected chi connectivity index (χ2v) is 6.79. The van der Waals surface area contributed by atoms with Crippen LogP contribution in [-0.2, 0) is 12.8 Å². The van der Waals surface area contributed by atoms with Crippen molar-refractivity contribution in [3.63, 3.8) is 0 Å². The van der Waals surface area contributed by atoms with Crippen LogP contribution in [-0.4, -0.2) is 16.1 Å². The zero-order chi connectivity index (χ0) is 21.5. The van der Waals surface area contributed by atoms with Gasteiger partial charge in [0.25, 0.3) is 0 Å². The Morgan fingerprint density at radius 1 is 1.07 bits per heavy atom. The number of ether oxygens (including phenoxy) is 1. The van der Waals surface area contributed by atoms with Crippen LogP contribution in [0.25, 0.3) is 0 Å². The number of aryl methyl sites for hydroxylation is 1. The molecule has 7 heteroatoms. The van der Waals surface area contributed by atoms with E-state index in [1.807, 2.05) is 61.5 Å². The monoisotopic (exact) mass is 406 g/mol. The van der Waals surface area contributed by atoms with Crippen molar-refractivity contribution in [3.05, 3.63) is 87.6 Å². The molecule has 0 saturated carbocycles. The number of aromatic nitrogens is 1. The van der Waals surface area contributed by atoms with Crippen molar-refractivity contribution in [2.24, 2.45) is 5.34 Å². The predicted molar refractivity (Wildman–Crippen MR) is 112 cm³/mol. The van der Waals surface area contributed by atoms with Gasteiger partial charge in [0.05, 0.1) is 5.69 Å². The molecule has 154 valence electrons. The average Bonchev–Trinajstić information content (AvgIpc) is 2.72. The molecule has 0 aliphatic rings. The van der Waals surface area contributed by atoms with Gasteiger partial charge in [-0.25, -0.2) is 4.79 Å². The Balaban J connectivity index is 1.97. The number of hydrogen-bond acceptors (Lipinski definition) is 6. The minimum Gasteiger partial charge on any atom is -0.478 e. The van der Waals surface area contributed by atoms with Crippen molar-refractivity contribution >= 4 is 5.97 Å². The van der Waals surface area contributed by atoms with E-state index >= 15 is 0 Å². The van der Waals surface area contributed by atoms with Gasteiger partial charge in [0, 0.05) is 12.1 Å². The highest BCUT2D eigenvalue weighted by molar-refractivity contribution is 5.93. The molecule has 1 N–H and O–H groups in total. The zero-order valence-electron chi connectivity index (χ0n) is 16.8. The molecule has 7 nitrogen and oxygen atoms in total. The minimum absolute atomic E-state index is 0.0817. The van der Waals surface area contributed by atoms with E-state index in [4.69, 9.17) is 9.57 Å². The molecule has 3 aromatic rings. The third kappa shape index (κ3) is 4.81. The van der Waals surface area contributed by atoms with Gasteiger partial charge in [-0.2, -0.15) is 0 Å². The molecule has 0 aliphatic heterocycles. The number of hydrogen-bond donors (Lipinski definition) is 1. The van der Waals surface area contributed by atoms with Gasteiger partial charge in [0.15, 0.2) is 11.1 Å². The SMILES string of the molecule is CCCc1nc(Cc2cccc(Oc3ccccc3)c2)c(C)c(C(=O)O)c1ON=O. The van der Waals surface area contributed by atoms with Gasteiger partial charge in [-0.05, 0) is 48.7 Å². The Labute approximate surface area is 174 Å². The summed E-state index contributed by atoms with van der Waals surface area (Å²) in [6.45, 7) is 3.59. The van der Waals surface area contributed by atoms with Crippen LogP contribution in [0.15, 0.2) is 59.9 Å². The largest absolute Gasteiger partial charge is 0.478 e. The standard InChI is InChI=1S/C23H22N2O5/c1-3-8-19-22(30-25-28)21(23(26)27)15(2)20(24-19)14-16-9-7-12-18(13-16)29-17-10-5-4-6-11-17/h4-7,9-13H,3,8,14H2,1-2H3,(H,26,27). The molecule has 1 heterocycles. The zero-order valence-corrected chi connectivity index (χ0v) is 16.8. The highest BCUT2D eigenvalue weighted by Gasteiger charge is 2.24. The molecule has 0 radical (unpaired) electrons. The van der Waals surface area contributed by atoms with Crippen molar-refractivity contribution in [1.82, 2.24) is 4.98 Å². The maximum atomic E-state index is 11.9. The second kappa shape index (κ2) is 9.65. The molecule has 0 atom stereocenters. The summed E-state index contributed by atoms with van der Waals surface area (Å²) >= 11 is 0. The Morgan fingerprint density at radius 3 is 2.47 bits per heavy atom. The first-order valence-corrected chi connectivity index (χ1v) is 9.60. The van der Waals surface area contributed by atoms with Crippen LogP contribution in [0.3, 0.4) is 0 Å². The van der Waals surface area contributed by atoms with E-state index in [1.54, 1.807) is 6.92 Å². The molecule has 0 fully saturated rings. The van der Waals surface area contributed by atoms with Crippen molar-refractivity contribution in [3.8, 4) is 17.2 Å². The summed E-state index contributed by atoms with van der Waals surface area (Å²) in [6.07, 6.45) is 1.59. The Morgan fingerprint density at radius 2 is 1.80 bits per heavy atom. The molecular formula is C23H22N2O5. The quantitative estimate of drug-likeness (QED) is 0.373. The summed E-state index contributed by atoms with van der Waals surface area (Å²) in [6, 6.07) is 17.0. The molecule has 0 bridgehead atoms. The fourth-order valence-electron chi connectivity index (χ4n) is 3.26. The summed E-state index contributed by atoms with van der Waals surface area (Å²) < 4.78 is 5.88. The third-order valence-corrected chi connectivity index (χ3v) is 4.65. The van der Waals surface area contributed by atoms with E-state index in [9.17, 15) is 14.8 Å². The number of nitrogens with zero attached hydrogens (tertiary/aromatic N) is 2. The first kappa shape index (κ1) is 21.0. The number of carbonyl (C=O) groups is 1. The number of carboxylic acids is 1. The number of rotatable bonds is 9. The van der Waals surface area contributed by atoms with Gasteiger partial charge in [-0.3, -0.25) is 4.98 Å². The molecule has 1 aromatic heterocycles. The summed E-state index contributed by atoms with van der Waals surface area (Å²) in [5.41, 5.74) is 2.29. The molecule has 2 aromatic carbocycles. The van der Waals surface area contributed by atoms with E-state index < -0.39 is 5.97 Å². The van der Waals surface area contributed by atoms with Crippen LogP contribution in [0.1, 0.15) is 46.2 Å². The first-order chi connectivity index (χ1) is 14.5. The number of para-hydroxylation sites is 1.